The zero-order chi connectivity index (χ0) is 11.7. The van der Waals surface area contributed by atoms with Crippen molar-refractivity contribution in [3.05, 3.63) is 35.4 Å². The lowest BCUT2D eigenvalue weighted by molar-refractivity contribution is 0.405. The number of hydrogen-bond acceptors (Lipinski definition) is 2. The lowest BCUT2D eigenvalue weighted by atomic mass is 9.85. The standard InChI is InChI=1S/C15H20N2/c1-2-11-3-5-12(6-4-11)14-9-13-7-8-16-15(13)17-10-14/h3-6,10,13-16H,2,7-9H2,1H3. The summed E-state index contributed by atoms with van der Waals surface area (Å²) in [5.74, 6) is 1.28. The van der Waals surface area contributed by atoms with Crippen molar-refractivity contribution in [1.82, 2.24) is 5.32 Å². The molecule has 1 aromatic rings. The van der Waals surface area contributed by atoms with E-state index in [1.807, 2.05) is 0 Å². The third-order valence-corrected chi connectivity index (χ3v) is 4.11. The zero-order valence-electron chi connectivity index (χ0n) is 10.4. The molecule has 0 aromatic heterocycles. The van der Waals surface area contributed by atoms with Crippen LogP contribution in [0.1, 0.15) is 36.8 Å². The van der Waals surface area contributed by atoms with Crippen molar-refractivity contribution in [2.24, 2.45) is 10.9 Å². The number of rotatable bonds is 2. The quantitative estimate of drug-likeness (QED) is 0.827. The molecule has 2 aliphatic heterocycles. The van der Waals surface area contributed by atoms with Crippen LogP contribution < -0.4 is 5.32 Å². The molecule has 90 valence electrons. The first-order valence-corrected chi connectivity index (χ1v) is 6.72. The summed E-state index contributed by atoms with van der Waals surface area (Å²) in [6, 6.07) is 9.06. The zero-order valence-corrected chi connectivity index (χ0v) is 10.4. The average molecular weight is 228 g/mol. The van der Waals surface area contributed by atoms with Gasteiger partial charge in [-0.2, -0.15) is 0 Å². The Morgan fingerprint density at radius 2 is 2.12 bits per heavy atom. The Morgan fingerprint density at radius 1 is 1.29 bits per heavy atom. The Kier molecular flexibility index (Phi) is 2.98. The Balaban J connectivity index is 1.78. The van der Waals surface area contributed by atoms with Crippen LogP contribution >= 0.6 is 0 Å². The van der Waals surface area contributed by atoms with Crippen LogP contribution in [0, 0.1) is 5.92 Å². The van der Waals surface area contributed by atoms with Gasteiger partial charge in [-0.25, -0.2) is 0 Å². The summed E-state index contributed by atoms with van der Waals surface area (Å²) in [6.45, 7) is 3.33. The Morgan fingerprint density at radius 3 is 2.88 bits per heavy atom. The predicted molar refractivity (Wildman–Crippen MR) is 71.6 cm³/mol. The second kappa shape index (κ2) is 4.61. The largest absolute Gasteiger partial charge is 0.296 e. The lowest BCUT2D eigenvalue weighted by Gasteiger charge is -2.25. The maximum atomic E-state index is 4.66. The van der Waals surface area contributed by atoms with Crippen molar-refractivity contribution in [3.8, 4) is 0 Å². The number of nitrogens with one attached hydrogen (secondary N) is 1. The Labute approximate surface area is 103 Å². The van der Waals surface area contributed by atoms with Gasteiger partial charge in [0.15, 0.2) is 0 Å². The molecule has 3 atom stereocenters. The molecule has 0 spiro atoms. The van der Waals surface area contributed by atoms with Gasteiger partial charge in [0.05, 0.1) is 0 Å². The van der Waals surface area contributed by atoms with E-state index in [2.05, 4.69) is 47.7 Å². The molecule has 3 unspecified atom stereocenters. The van der Waals surface area contributed by atoms with Crippen LogP contribution in [-0.2, 0) is 6.42 Å². The van der Waals surface area contributed by atoms with E-state index in [0.29, 0.717) is 12.1 Å². The van der Waals surface area contributed by atoms with Gasteiger partial charge >= 0.3 is 0 Å². The van der Waals surface area contributed by atoms with E-state index in [1.165, 1.54) is 24.0 Å². The molecule has 3 rings (SSSR count). The van der Waals surface area contributed by atoms with Crippen LogP contribution in [0.2, 0.25) is 0 Å². The van der Waals surface area contributed by atoms with Crippen molar-refractivity contribution in [2.75, 3.05) is 6.54 Å². The van der Waals surface area contributed by atoms with Crippen LogP contribution in [0.25, 0.3) is 0 Å². The molecule has 0 aliphatic carbocycles. The van der Waals surface area contributed by atoms with E-state index in [4.69, 9.17) is 0 Å². The van der Waals surface area contributed by atoms with E-state index in [1.54, 1.807) is 0 Å². The van der Waals surface area contributed by atoms with E-state index < -0.39 is 0 Å². The summed E-state index contributed by atoms with van der Waals surface area (Å²) in [7, 11) is 0. The van der Waals surface area contributed by atoms with Crippen LogP contribution in [0.3, 0.4) is 0 Å². The van der Waals surface area contributed by atoms with Crippen molar-refractivity contribution < 1.29 is 0 Å². The first kappa shape index (κ1) is 11.0. The van der Waals surface area contributed by atoms with Gasteiger partial charge in [-0.3, -0.25) is 10.3 Å². The molecular weight excluding hydrogens is 208 g/mol. The molecule has 2 heterocycles. The van der Waals surface area contributed by atoms with Gasteiger partial charge in [-0.15, -0.1) is 0 Å². The van der Waals surface area contributed by atoms with Gasteiger partial charge < -0.3 is 0 Å². The first-order chi connectivity index (χ1) is 8.36. The normalized spacial score (nSPS) is 31.5. The van der Waals surface area contributed by atoms with Crippen molar-refractivity contribution >= 4 is 6.21 Å². The molecule has 2 aliphatic rings. The monoisotopic (exact) mass is 228 g/mol. The fourth-order valence-electron chi connectivity index (χ4n) is 2.97. The highest BCUT2D eigenvalue weighted by molar-refractivity contribution is 5.69. The smallest absolute Gasteiger partial charge is 0.102 e. The third kappa shape index (κ3) is 2.14. The molecule has 1 aromatic carbocycles. The van der Waals surface area contributed by atoms with Gasteiger partial charge in [-0.05, 0) is 42.9 Å². The van der Waals surface area contributed by atoms with Crippen LogP contribution in [0.15, 0.2) is 29.3 Å². The number of aryl methyl sites for hydroxylation is 1. The fourth-order valence-corrected chi connectivity index (χ4v) is 2.97. The summed E-state index contributed by atoms with van der Waals surface area (Å²) in [4.78, 5) is 4.66. The first-order valence-electron chi connectivity index (χ1n) is 6.72. The lowest BCUT2D eigenvalue weighted by Crippen LogP contribution is -2.29. The minimum atomic E-state index is 0.404. The molecule has 0 radical (unpaired) electrons. The minimum absolute atomic E-state index is 0.404. The molecule has 0 amide bonds. The maximum absolute atomic E-state index is 4.66. The summed E-state index contributed by atoms with van der Waals surface area (Å²) in [5.41, 5.74) is 2.85. The second-order valence-corrected chi connectivity index (χ2v) is 5.18. The van der Waals surface area contributed by atoms with E-state index >= 15 is 0 Å². The summed E-state index contributed by atoms with van der Waals surface area (Å²) in [5, 5.41) is 3.45. The molecule has 17 heavy (non-hydrogen) atoms. The summed E-state index contributed by atoms with van der Waals surface area (Å²) >= 11 is 0. The maximum Gasteiger partial charge on any atom is 0.102 e. The molecule has 1 N–H and O–H groups in total. The molecular formula is C15H20N2. The SMILES string of the molecule is CCc1ccc(C2C=NC3NCCC3C2)cc1. The van der Waals surface area contributed by atoms with E-state index in [0.717, 1.165) is 18.9 Å². The van der Waals surface area contributed by atoms with Gasteiger partial charge in [0, 0.05) is 12.1 Å². The van der Waals surface area contributed by atoms with Crippen molar-refractivity contribution in [3.63, 3.8) is 0 Å². The number of nitrogens with zero attached hydrogens (tertiary/aromatic N) is 1. The molecule has 0 saturated carbocycles. The van der Waals surface area contributed by atoms with E-state index in [-0.39, 0.29) is 0 Å². The Bertz CT molecular complexity index is 407. The summed E-state index contributed by atoms with van der Waals surface area (Å²) < 4.78 is 0. The average Bonchev–Trinajstić information content (AvgIpc) is 2.86. The predicted octanol–water partition coefficient (Wildman–Crippen LogP) is 2.74. The highest BCUT2D eigenvalue weighted by Gasteiger charge is 2.31. The van der Waals surface area contributed by atoms with Crippen molar-refractivity contribution in [2.45, 2.75) is 38.3 Å². The molecule has 1 saturated heterocycles. The molecule has 2 nitrogen and oxygen atoms in total. The summed E-state index contributed by atoms with van der Waals surface area (Å²) in [6.07, 6.45) is 6.22. The van der Waals surface area contributed by atoms with Gasteiger partial charge in [-0.1, -0.05) is 31.2 Å². The topological polar surface area (TPSA) is 24.4 Å². The van der Waals surface area contributed by atoms with Crippen LogP contribution in [0.4, 0.5) is 0 Å². The second-order valence-electron chi connectivity index (χ2n) is 5.18. The van der Waals surface area contributed by atoms with Crippen LogP contribution in [0.5, 0.6) is 0 Å². The van der Waals surface area contributed by atoms with E-state index in [9.17, 15) is 0 Å². The fraction of sp³-hybridized carbons (Fsp3) is 0.533. The molecule has 0 bridgehead atoms. The number of aliphatic imine (C=N–C) groups is 1. The number of benzene rings is 1. The number of hydrogen-bond donors (Lipinski definition) is 1. The highest BCUT2D eigenvalue weighted by Crippen LogP contribution is 2.32. The third-order valence-electron chi connectivity index (χ3n) is 4.11. The minimum Gasteiger partial charge on any atom is -0.296 e. The van der Waals surface area contributed by atoms with Crippen molar-refractivity contribution in [1.29, 1.82) is 0 Å². The highest BCUT2D eigenvalue weighted by atomic mass is 15.1. The molecule has 1 fully saturated rings. The van der Waals surface area contributed by atoms with Gasteiger partial charge in [0.2, 0.25) is 0 Å². The Hall–Kier alpha value is -1.15. The molecule has 2 heteroatoms. The van der Waals surface area contributed by atoms with Gasteiger partial charge in [0.25, 0.3) is 0 Å². The van der Waals surface area contributed by atoms with Crippen LogP contribution in [-0.4, -0.2) is 18.9 Å². The van der Waals surface area contributed by atoms with Gasteiger partial charge in [0.1, 0.15) is 6.17 Å². The number of fused-ring (bicyclic) bond motifs is 1.